The number of nitrogens with zero attached hydrogens (tertiary/aromatic N) is 8. The van der Waals surface area contributed by atoms with Gasteiger partial charge in [-0.25, -0.2) is 19.2 Å². The Labute approximate surface area is 596 Å². The Kier molecular flexibility index (Phi) is 42.9. The molecule has 0 bridgehead atoms. The average Bonchev–Trinajstić information content (AvgIpc) is 1.57. The number of ether oxygens (including phenoxy) is 5. The van der Waals surface area contributed by atoms with E-state index in [9.17, 15) is 57.8 Å². The minimum absolute atomic E-state index is 0. The van der Waals surface area contributed by atoms with Crippen LogP contribution in [0.25, 0.3) is 11.1 Å². The Bertz CT molecular complexity index is 2820. The van der Waals surface area contributed by atoms with Crippen molar-refractivity contribution in [3.63, 3.8) is 0 Å². The molecule has 28 nitrogen and oxygen atoms in total. The first-order valence-electron chi connectivity index (χ1n) is 32.3. The van der Waals surface area contributed by atoms with E-state index in [2.05, 4.69) is 17.4 Å². The number of likely N-dealkylation sites (N-methyl/N-ethyl adjacent to an activating group) is 9. The number of hydrogen-bond acceptors (Lipinski definition) is 19. The molecule has 1 aliphatic carbocycles. The fourth-order valence-electron chi connectivity index (χ4n) is 9.15. The van der Waals surface area contributed by atoms with Gasteiger partial charge < -0.3 is 79.0 Å². The molecule has 0 spiro atoms. The van der Waals surface area contributed by atoms with Gasteiger partial charge in [0.25, 0.3) is 0 Å². The third-order valence-electron chi connectivity index (χ3n) is 14.8. The largest absolute Gasteiger partial charge is 1.00 e. The number of carbonyl (C=O) groups excluding carboxylic acids is 9. The summed E-state index contributed by atoms with van der Waals surface area (Å²) in [6.07, 6.45) is 3.19. The molecule has 3 rings (SSSR count). The molecule has 4 N–H and O–H groups in total. The molecule has 30 heteroatoms. The van der Waals surface area contributed by atoms with Crippen LogP contribution < -0.4 is 24.2 Å². The maximum atomic E-state index is 13.6. The number of carboxylic acids is 2. The van der Waals surface area contributed by atoms with Gasteiger partial charge in [-0.05, 0) is 123 Å². The van der Waals surface area contributed by atoms with Crippen molar-refractivity contribution in [1.82, 2.24) is 44.5 Å². The van der Waals surface area contributed by atoms with Crippen molar-refractivity contribution in [2.24, 2.45) is 0 Å². The SMILES string of the molecule is CCCCOC(=O)C[C@@H](C(=O)N(C)CCN(C)C(=O)OC(C)(C)C)N(C)C(=O)OCC1c2ccccc2-c2ccccc21.CN[C@@H](CC(=O)O)C(=O)N(C)CCN(C)C(=O)OC(C)(C)C.CSCCCCCC(=O)N(C)[C@@H](CC(=O)O)C(=O)N(C)CCN(C)C(=O)OC(C)(C)C.[Li+].[OH-]. The summed E-state index contributed by atoms with van der Waals surface area (Å²) in [7, 11) is 13.8. The fourth-order valence-corrected chi connectivity index (χ4v) is 9.64. The molecule has 0 radical (unpaired) electrons. The Morgan fingerprint density at radius 1 is 0.510 bits per heavy atom. The summed E-state index contributed by atoms with van der Waals surface area (Å²) in [6, 6.07) is 13.0. The number of rotatable bonds is 32. The normalized spacial score (nSPS) is 12.3. The number of carbonyl (C=O) groups is 11. The summed E-state index contributed by atoms with van der Waals surface area (Å²) >= 11 is 1.75. The van der Waals surface area contributed by atoms with E-state index in [1.165, 1.54) is 62.5 Å². The number of aliphatic carboxylic acids is 2. The molecule has 2 aromatic carbocycles. The minimum Gasteiger partial charge on any atom is -0.870 e. The molecule has 0 fully saturated rings. The molecule has 2 aromatic rings. The van der Waals surface area contributed by atoms with Crippen LogP contribution in [0.3, 0.4) is 0 Å². The Hall–Kier alpha value is -7.32. The zero-order chi connectivity index (χ0) is 73.4. The molecule has 0 unspecified atom stereocenters. The second kappa shape index (κ2) is 45.4. The van der Waals surface area contributed by atoms with Crippen LogP contribution in [0.5, 0.6) is 0 Å². The summed E-state index contributed by atoms with van der Waals surface area (Å²) in [5, 5.41) is 20.7. The third kappa shape index (κ3) is 34.9. The van der Waals surface area contributed by atoms with Crippen molar-refractivity contribution < 1.29 is 111 Å². The van der Waals surface area contributed by atoms with Gasteiger partial charge in [-0.15, -0.1) is 0 Å². The number of nitrogens with one attached hydrogen (secondary N) is 1. The van der Waals surface area contributed by atoms with Gasteiger partial charge in [-0.1, -0.05) is 68.3 Å². The Morgan fingerprint density at radius 2 is 0.898 bits per heavy atom. The van der Waals surface area contributed by atoms with Crippen LogP contribution in [0.4, 0.5) is 19.2 Å². The summed E-state index contributed by atoms with van der Waals surface area (Å²) in [5.74, 6) is -3.42. The van der Waals surface area contributed by atoms with E-state index in [4.69, 9.17) is 28.8 Å². The van der Waals surface area contributed by atoms with Gasteiger partial charge in [0.05, 0.1) is 31.9 Å². The summed E-state index contributed by atoms with van der Waals surface area (Å²) < 4.78 is 26.9. The Morgan fingerprint density at radius 3 is 1.28 bits per heavy atom. The molecular formula is C68H112LiN9O19S. The number of unbranched alkanes of at least 4 members (excludes halogenated alkanes) is 3. The summed E-state index contributed by atoms with van der Waals surface area (Å²) in [6.45, 7) is 19.6. The third-order valence-corrected chi connectivity index (χ3v) is 15.5. The van der Waals surface area contributed by atoms with E-state index in [1.54, 1.807) is 109 Å². The standard InChI is InChI=1S/C33H45N3O7.C21H39N3O6S.C14H27N3O5.Li.H2O/c1-8-9-20-41-29(37)21-28(30(38)34(5)18-19-35(6)31(39)43-33(2,3)4)36(7)32(40)42-22-27-25-16-12-10-14-23(25)24-15-11-13-17-26(24)27;1-21(2,3)30-20(29)23(5)13-12-22(4)19(28)16(15-18(26)27)24(6)17(25)11-9-8-10-14-31-7;1-14(2,3)22-13(21)17(6)8-7-16(5)12(20)10(15-4)9-11(18)19;;/h10-17,27-28H,8-9,18-22H2,1-7H3;16H,8-15H2,1-7H3,(H,26,27);10,15H,7-9H2,1-6H3,(H,18,19);;1H2/q;;;+1;/p-1/t28-;16-;10-;;/m000../s1. The van der Waals surface area contributed by atoms with Crippen LogP contribution in [0.2, 0.25) is 0 Å². The van der Waals surface area contributed by atoms with Crippen molar-refractivity contribution in [1.29, 1.82) is 0 Å². The van der Waals surface area contributed by atoms with E-state index in [1.807, 2.05) is 49.6 Å². The van der Waals surface area contributed by atoms with Crippen LogP contribution in [0.15, 0.2) is 48.5 Å². The van der Waals surface area contributed by atoms with Gasteiger partial charge in [-0.2, -0.15) is 11.8 Å². The molecule has 0 aromatic heterocycles. The number of esters is 1. The predicted molar refractivity (Wildman–Crippen MR) is 369 cm³/mol. The number of hydrogen-bond donors (Lipinski definition) is 3. The molecule has 0 aliphatic heterocycles. The van der Waals surface area contributed by atoms with Crippen LogP contribution in [0, 0.1) is 0 Å². The first-order valence-corrected chi connectivity index (χ1v) is 33.7. The van der Waals surface area contributed by atoms with Gasteiger partial charge >= 0.3 is 61.1 Å². The van der Waals surface area contributed by atoms with E-state index in [0.717, 1.165) is 52.2 Å². The molecule has 550 valence electrons. The number of benzene rings is 2. The van der Waals surface area contributed by atoms with E-state index >= 15 is 0 Å². The molecule has 0 saturated carbocycles. The first-order chi connectivity index (χ1) is 44.6. The van der Waals surface area contributed by atoms with Gasteiger partial charge in [0.2, 0.25) is 23.6 Å². The first kappa shape index (κ1) is 92.7. The number of amides is 8. The summed E-state index contributed by atoms with van der Waals surface area (Å²) in [4.78, 5) is 146. The minimum atomic E-state index is -1.16. The predicted octanol–water partition coefficient (Wildman–Crippen LogP) is 5.03. The second-order valence-electron chi connectivity index (χ2n) is 26.6. The molecule has 3 atom stereocenters. The van der Waals surface area contributed by atoms with Crippen molar-refractivity contribution in [2.45, 2.75) is 168 Å². The van der Waals surface area contributed by atoms with Crippen LogP contribution >= 0.6 is 11.8 Å². The summed E-state index contributed by atoms with van der Waals surface area (Å²) in [5.41, 5.74) is 2.49. The molecular weight excluding hydrogens is 1290 g/mol. The van der Waals surface area contributed by atoms with Crippen LogP contribution in [0.1, 0.15) is 144 Å². The quantitative estimate of drug-likeness (QED) is 0.0374. The Balaban J connectivity index is 0. The van der Waals surface area contributed by atoms with Gasteiger partial charge in [-0.3, -0.25) is 38.5 Å². The average molecular weight is 1400 g/mol. The van der Waals surface area contributed by atoms with Crippen molar-refractivity contribution >= 4 is 77.7 Å². The monoisotopic (exact) mass is 1400 g/mol. The number of carboxylic acid groups (broad SMARTS) is 2. The van der Waals surface area contributed by atoms with Crippen molar-refractivity contribution in [2.75, 3.05) is 128 Å². The molecule has 8 amide bonds. The molecule has 0 saturated heterocycles. The smallest absolute Gasteiger partial charge is 0.870 e. The van der Waals surface area contributed by atoms with Crippen LogP contribution in [-0.2, 0) is 57.2 Å². The van der Waals surface area contributed by atoms with Gasteiger partial charge in [0.1, 0.15) is 35.5 Å². The fraction of sp³-hybridized carbons (Fsp3) is 0.662. The maximum Gasteiger partial charge on any atom is 1.00 e. The maximum absolute atomic E-state index is 13.6. The molecule has 98 heavy (non-hydrogen) atoms. The number of fused-ring (bicyclic) bond motifs is 3. The van der Waals surface area contributed by atoms with E-state index < -0.39 is 95.4 Å². The van der Waals surface area contributed by atoms with E-state index in [0.29, 0.717) is 19.4 Å². The molecule has 1 aliphatic rings. The van der Waals surface area contributed by atoms with Gasteiger partial charge in [0, 0.05) is 108 Å². The van der Waals surface area contributed by atoms with Gasteiger partial charge in [0.15, 0.2) is 0 Å². The second-order valence-corrected chi connectivity index (χ2v) is 27.5. The zero-order valence-corrected chi connectivity index (χ0v) is 62.8. The molecule has 0 heterocycles. The zero-order valence-electron chi connectivity index (χ0n) is 62.0. The number of thioether (sulfide) groups is 1. The topological polar surface area (TPSA) is 342 Å². The van der Waals surface area contributed by atoms with Crippen LogP contribution in [-0.4, -0.2) is 284 Å². The van der Waals surface area contributed by atoms with Crippen molar-refractivity contribution in [3.05, 3.63) is 59.7 Å². The van der Waals surface area contributed by atoms with Crippen molar-refractivity contribution in [3.8, 4) is 11.1 Å². The van der Waals surface area contributed by atoms with E-state index in [-0.39, 0.29) is 107 Å².